The minimum absolute atomic E-state index is 0.233. The van der Waals surface area contributed by atoms with Gasteiger partial charge in [0, 0.05) is 16.3 Å². The molecule has 0 unspecified atom stereocenters. The Balaban J connectivity index is 2.43. The van der Waals surface area contributed by atoms with Gasteiger partial charge in [-0.25, -0.2) is 0 Å². The van der Waals surface area contributed by atoms with Crippen molar-refractivity contribution in [2.75, 3.05) is 0 Å². The Labute approximate surface area is 116 Å². The van der Waals surface area contributed by atoms with Gasteiger partial charge in [0.2, 0.25) is 0 Å². The van der Waals surface area contributed by atoms with E-state index in [4.69, 9.17) is 11.6 Å². The molecule has 0 aliphatic rings. The zero-order valence-corrected chi connectivity index (χ0v) is 12.1. The van der Waals surface area contributed by atoms with E-state index in [9.17, 15) is 4.79 Å². The molecule has 94 valence electrons. The molecule has 0 spiro atoms. The van der Waals surface area contributed by atoms with Crippen molar-refractivity contribution in [2.24, 2.45) is 0 Å². The molecule has 1 aromatic heterocycles. The number of rotatable bonds is 4. The number of aryl methyl sites for hydroxylation is 1. The van der Waals surface area contributed by atoms with Crippen molar-refractivity contribution in [3.8, 4) is 10.4 Å². The van der Waals surface area contributed by atoms with E-state index < -0.39 is 0 Å². The fourth-order valence-corrected chi connectivity index (χ4v) is 3.24. The fraction of sp³-hybridized carbons (Fsp3) is 0.267. The van der Waals surface area contributed by atoms with Crippen LogP contribution in [0, 0.1) is 0 Å². The van der Waals surface area contributed by atoms with Crippen LogP contribution < -0.4 is 0 Å². The minimum Gasteiger partial charge on any atom is -0.293 e. The number of thiophene rings is 1. The number of hydrogen-bond donors (Lipinski definition) is 0. The molecule has 18 heavy (non-hydrogen) atoms. The van der Waals surface area contributed by atoms with Crippen molar-refractivity contribution in [3.05, 3.63) is 45.8 Å². The molecule has 1 aromatic carbocycles. The second-order valence-corrected chi connectivity index (χ2v) is 5.59. The highest BCUT2D eigenvalue weighted by molar-refractivity contribution is 7.17. The quantitative estimate of drug-likeness (QED) is 0.701. The molecular formula is C15H15ClOS. The van der Waals surface area contributed by atoms with Gasteiger partial charge in [0.25, 0.3) is 0 Å². The monoisotopic (exact) mass is 278 g/mol. The summed E-state index contributed by atoms with van der Waals surface area (Å²) in [6, 6.07) is 9.87. The number of halogens is 1. The Morgan fingerprint density at radius 3 is 2.44 bits per heavy atom. The predicted molar refractivity (Wildman–Crippen MR) is 78.8 cm³/mol. The second-order valence-electron chi connectivity index (χ2n) is 4.10. The summed E-state index contributed by atoms with van der Waals surface area (Å²) < 4.78 is 0. The number of ketones is 1. The highest BCUT2D eigenvalue weighted by Gasteiger charge is 2.14. The number of hydrogen-bond acceptors (Lipinski definition) is 2. The molecule has 1 nitrogen and oxygen atoms in total. The molecule has 2 rings (SSSR count). The van der Waals surface area contributed by atoms with E-state index in [2.05, 4.69) is 13.0 Å². The van der Waals surface area contributed by atoms with Crippen LogP contribution in [0.4, 0.5) is 0 Å². The Bertz CT molecular complexity index is 554. The number of benzene rings is 1. The van der Waals surface area contributed by atoms with Crippen LogP contribution in [0.15, 0.2) is 30.3 Å². The van der Waals surface area contributed by atoms with Gasteiger partial charge in [-0.15, -0.1) is 11.3 Å². The van der Waals surface area contributed by atoms with Gasteiger partial charge in [-0.05, 0) is 35.7 Å². The standard InChI is InChI=1S/C15H15ClOS/c1-3-10-9-14(18-15(10)13(17)4-2)11-5-7-12(16)8-6-11/h5-9H,3-4H2,1-2H3. The van der Waals surface area contributed by atoms with Crippen LogP contribution in [0.3, 0.4) is 0 Å². The second kappa shape index (κ2) is 5.68. The van der Waals surface area contributed by atoms with Crippen molar-refractivity contribution in [1.82, 2.24) is 0 Å². The third kappa shape index (κ3) is 2.65. The van der Waals surface area contributed by atoms with E-state index in [1.165, 1.54) is 0 Å². The smallest absolute Gasteiger partial charge is 0.172 e. The van der Waals surface area contributed by atoms with Crippen molar-refractivity contribution in [1.29, 1.82) is 0 Å². The van der Waals surface area contributed by atoms with Crippen LogP contribution in [0.2, 0.25) is 5.02 Å². The summed E-state index contributed by atoms with van der Waals surface area (Å²) >= 11 is 7.47. The first-order valence-electron chi connectivity index (χ1n) is 6.07. The van der Waals surface area contributed by atoms with E-state index in [0.717, 1.165) is 32.3 Å². The number of Topliss-reactive ketones (excluding diaryl/α,β-unsaturated/α-hetero) is 1. The molecule has 0 aliphatic carbocycles. The molecule has 0 amide bonds. The summed E-state index contributed by atoms with van der Waals surface area (Å²) in [5.74, 6) is 0.233. The van der Waals surface area contributed by atoms with Gasteiger partial charge in [0.1, 0.15) is 0 Å². The van der Waals surface area contributed by atoms with Crippen LogP contribution in [-0.4, -0.2) is 5.78 Å². The van der Waals surface area contributed by atoms with E-state index in [0.29, 0.717) is 6.42 Å². The first-order valence-corrected chi connectivity index (χ1v) is 7.27. The minimum atomic E-state index is 0.233. The van der Waals surface area contributed by atoms with Crippen LogP contribution in [0.25, 0.3) is 10.4 Å². The van der Waals surface area contributed by atoms with Crippen LogP contribution >= 0.6 is 22.9 Å². The molecule has 0 atom stereocenters. The highest BCUT2D eigenvalue weighted by atomic mass is 35.5. The van der Waals surface area contributed by atoms with Crippen LogP contribution in [0.5, 0.6) is 0 Å². The van der Waals surface area contributed by atoms with Gasteiger partial charge in [-0.3, -0.25) is 4.79 Å². The molecule has 0 N–H and O–H groups in total. The van der Waals surface area contributed by atoms with Gasteiger partial charge >= 0.3 is 0 Å². The summed E-state index contributed by atoms with van der Waals surface area (Å²) in [7, 11) is 0. The van der Waals surface area contributed by atoms with Gasteiger partial charge in [0.05, 0.1) is 4.88 Å². The summed E-state index contributed by atoms with van der Waals surface area (Å²) in [5, 5.41) is 0.732. The molecule has 0 radical (unpaired) electrons. The largest absolute Gasteiger partial charge is 0.293 e. The van der Waals surface area contributed by atoms with Crippen molar-refractivity contribution in [3.63, 3.8) is 0 Å². The molecular weight excluding hydrogens is 264 g/mol. The van der Waals surface area contributed by atoms with Gasteiger partial charge in [0.15, 0.2) is 5.78 Å². The number of carbonyl (C=O) groups is 1. The van der Waals surface area contributed by atoms with Gasteiger partial charge in [-0.1, -0.05) is 37.6 Å². The predicted octanol–water partition coefficient (Wildman–Crippen LogP) is 5.22. The fourth-order valence-electron chi connectivity index (χ4n) is 1.84. The summed E-state index contributed by atoms with van der Waals surface area (Å²) in [5.41, 5.74) is 2.27. The molecule has 0 bridgehead atoms. The van der Waals surface area contributed by atoms with Gasteiger partial charge in [-0.2, -0.15) is 0 Å². The Morgan fingerprint density at radius 1 is 1.22 bits per heavy atom. The van der Waals surface area contributed by atoms with Crippen LogP contribution in [-0.2, 0) is 6.42 Å². The van der Waals surface area contributed by atoms with Crippen molar-refractivity contribution >= 4 is 28.7 Å². The maximum Gasteiger partial charge on any atom is 0.172 e. The lowest BCUT2D eigenvalue weighted by molar-refractivity contribution is 0.0991. The average Bonchev–Trinajstić information content (AvgIpc) is 2.82. The third-order valence-corrected chi connectivity index (χ3v) is 4.41. The van der Waals surface area contributed by atoms with E-state index in [1.54, 1.807) is 11.3 Å². The van der Waals surface area contributed by atoms with E-state index >= 15 is 0 Å². The van der Waals surface area contributed by atoms with E-state index in [1.807, 2.05) is 31.2 Å². The maximum absolute atomic E-state index is 11.9. The molecule has 2 aromatic rings. The Kier molecular flexibility index (Phi) is 4.20. The molecule has 0 saturated carbocycles. The number of carbonyl (C=O) groups excluding carboxylic acids is 1. The van der Waals surface area contributed by atoms with Crippen LogP contribution in [0.1, 0.15) is 35.5 Å². The lowest BCUT2D eigenvalue weighted by Crippen LogP contribution is -1.96. The Hall–Kier alpha value is -1.12. The highest BCUT2D eigenvalue weighted by Crippen LogP contribution is 2.33. The van der Waals surface area contributed by atoms with Crippen molar-refractivity contribution < 1.29 is 4.79 Å². The molecule has 3 heteroatoms. The first-order chi connectivity index (χ1) is 8.65. The SMILES string of the molecule is CCC(=O)c1sc(-c2ccc(Cl)cc2)cc1CC. The van der Waals surface area contributed by atoms with Crippen molar-refractivity contribution in [2.45, 2.75) is 26.7 Å². The summed E-state index contributed by atoms with van der Waals surface area (Å²) in [4.78, 5) is 13.9. The Morgan fingerprint density at radius 2 is 1.89 bits per heavy atom. The lowest BCUT2D eigenvalue weighted by atomic mass is 10.1. The van der Waals surface area contributed by atoms with E-state index in [-0.39, 0.29) is 5.78 Å². The molecule has 1 heterocycles. The topological polar surface area (TPSA) is 17.1 Å². The normalized spacial score (nSPS) is 10.6. The molecule has 0 fully saturated rings. The third-order valence-electron chi connectivity index (χ3n) is 2.89. The molecule has 0 saturated heterocycles. The zero-order valence-electron chi connectivity index (χ0n) is 10.5. The summed E-state index contributed by atoms with van der Waals surface area (Å²) in [6.45, 7) is 3.99. The average molecular weight is 279 g/mol. The lowest BCUT2D eigenvalue weighted by Gasteiger charge is -1.96. The first kappa shape index (κ1) is 13.3. The maximum atomic E-state index is 11.9. The van der Waals surface area contributed by atoms with Gasteiger partial charge < -0.3 is 0 Å². The summed E-state index contributed by atoms with van der Waals surface area (Å²) in [6.07, 6.45) is 1.46. The zero-order chi connectivity index (χ0) is 13.1. The molecule has 0 aliphatic heterocycles.